The lowest BCUT2D eigenvalue weighted by Crippen LogP contribution is -2.41. The van der Waals surface area contributed by atoms with Crippen molar-refractivity contribution < 1.29 is 14.1 Å². The predicted octanol–water partition coefficient (Wildman–Crippen LogP) is 0.775. The Morgan fingerprint density at radius 1 is 1.28 bits per heavy atom. The lowest BCUT2D eigenvalue weighted by atomic mass is 9.78. The standard InChI is InChI=1S/C12H17BN2O3/c1-11(2)12(3,4)18-13(17-11)8-5-6-15-9(7-16)10(8)14/h5-7H,14H2,1-4H3. The van der Waals surface area contributed by atoms with Crippen molar-refractivity contribution >= 4 is 24.6 Å². The van der Waals surface area contributed by atoms with E-state index in [4.69, 9.17) is 15.0 Å². The molecule has 2 N–H and O–H groups in total. The monoisotopic (exact) mass is 248 g/mol. The van der Waals surface area contributed by atoms with Crippen LogP contribution in [0.3, 0.4) is 0 Å². The van der Waals surface area contributed by atoms with E-state index >= 15 is 0 Å². The molecule has 1 aliphatic heterocycles. The van der Waals surface area contributed by atoms with Gasteiger partial charge in [-0.3, -0.25) is 9.78 Å². The van der Waals surface area contributed by atoms with Crippen molar-refractivity contribution in [2.24, 2.45) is 0 Å². The van der Waals surface area contributed by atoms with E-state index in [-0.39, 0.29) is 5.69 Å². The smallest absolute Gasteiger partial charge is 0.399 e. The van der Waals surface area contributed by atoms with Crippen molar-refractivity contribution in [2.45, 2.75) is 38.9 Å². The minimum atomic E-state index is -0.573. The van der Waals surface area contributed by atoms with E-state index in [9.17, 15) is 4.79 Å². The van der Waals surface area contributed by atoms with Crippen molar-refractivity contribution in [1.29, 1.82) is 0 Å². The number of nitrogens with zero attached hydrogens (tertiary/aromatic N) is 1. The van der Waals surface area contributed by atoms with Crippen molar-refractivity contribution in [3.8, 4) is 0 Å². The molecule has 1 aliphatic rings. The number of nitrogens with two attached hydrogens (primary N) is 1. The Morgan fingerprint density at radius 3 is 2.33 bits per heavy atom. The first-order chi connectivity index (χ1) is 8.28. The topological polar surface area (TPSA) is 74.4 Å². The van der Waals surface area contributed by atoms with Crippen LogP contribution in [0, 0.1) is 0 Å². The summed E-state index contributed by atoms with van der Waals surface area (Å²) in [5.41, 5.74) is 6.19. The highest BCUT2D eigenvalue weighted by molar-refractivity contribution is 6.64. The van der Waals surface area contributed by atoms with Gasteiger partial charge in [0.05, 0.1) is 16.9 Å². The quantitative estimate of drug-likeness (QED) is 0.618. The molecule has 1 saturated heterocycles. The zero-order valence-corrected chi connectivity index (χ0v) is 11.1. The molecule has 1 aromatic heterocycles. The van der Waals surface area contributed by atoms with Gasteiger partial charge in [0.25, 0.3) is 0 Å². The maximum absolute atomic E-state index is 10.8. The van der Waals surface area contributed by atoms with Gasteiger partial charge in [-0.2, -0.15) is 0 Å². The van der Waals surface area contributed by atoms with Crippen LogP contribution in [0.4, 0.5) is 5.69 Å². The Kier molecular flexibility index (Phi) is 2.95. The highest BCUT2D eigenvalue weighted by Crippen LogP contribution is 2.36. The summed E-state index contributed by atoms with van der Waals surface area (Å²) in [5.74, 6) is 0. The van der Waals surface area contributed by atoms with Crippen molar-refractivity contribution in [2.75, 3.05) is 5.73 Å². The minimum Gasteiger partial charge on any atom is -0.399 e. The van der Waals surface area contributed by atoms with Crippen LogP contribution in [0.5, 0.6) is 0 Å². The van der Waals surface area contributed by atoms with Gasteiger partial charge >= 0.3 is 7.12 Å². The number of pyridine rings is 1. The molecule has 0 aliphatic carbocycles. The highest BCUT2D eigenvalue weighted by atomic mass is 16.7. The van der Waals surface area contributed by atoms with Crippen LogP contribution in [0.1, 0.15) is 38.2 Å². The lowest BCUT2D eigenvalue weighted by molar-refractivity contribution is 0.00578. The Morgan fingerprint density at radius 2 is 1.83 bits per heavy atom. The average molecular weight is 248 g/mol. The highest BCUT2D eigenvalue weighted by Gasteiger charge is 2.52. The predicted molar refractivity (Wildman–Crippen MR) is 69.8 cm³/mol. The maximum Gasteiger partial charge on any atom is 0.497 e. The Balaban J connectivity index is 2.38. The summed E-state index contributed by atoms with van der Waals surface area (Å²) in [6, 6.07) is 1.71. The molecular weight excluding hydrogens is 231 g/mol. The van der Waals surface area contributed by atoms with Gasteiger partial charge in [-0.15, -0.1) is 0 Å². The Bertz CT molecular complexity index is 472. The van der Waals surface area contributed by atoms with Gasteiger partial charge in [-0.1, -0.05) is 0 Å². The van der Waals surface area contributed by atoms with Gasteiger partial charge in [0.15, 0.2) is 6.29 Å². The number of nitrogen functional groups attached to an aromatic ring is 1. The molecule has 5 nitrogen and oxygen atoms in total. The summed E-state index contributed by atoms with van der Waals surface area (Å²) >= 11 is 0. The number of aldehydes is 1. The molecular formula is C12H17BN2O3. The molecule has 1 aromatic rings. The number of anilines is 1. The zero-order valence-electron chi connectivity index (χ0n) is 11.1. The molecule has 0 saturated carbocycles. The van der Waals surface area contributed by atoms with E-state index < -0.39 is 18.3 Å². The van der Waals surface area contributed by atoms with Crippen molar-refractivity contribution in [3.05, 3.63) is 18.0 Å². The molecule has 2 rings (SSSR count). The fraction of sp³-hybridized carbons (Fsp3) is 0.500. The number of aromatic nitrogens is 1. The molecule has 0 bridgehead atoms. The first-order valence-electron chi connectivity index (χ1n) is 5.84. The molecule has 1 fully saturated rings. The van der Waals surface area contributed by atoms with Crippen LogP contribution in [-0.2, 0) is 9.31 Å². The Hall–Kier alpha value is -1.40. The van der Waals surface area contributed by atoms with Crippen LogP contribution < -0.4 is 11.2 Å². The minimum absolute atomic E-state index is 0.210. The lowest BCUT2D eigenvalue weighted by Gasteiger charge is -2.32. The van der Waals surface area contributed by atoms with Crippen LogP contribution in [0.15, 0.2) is 12.3 Å². The third-order valence-electron chi connectivity index (χ3n) is 3.67. The molecule has 0 unspecified atom stereocenters. The number of rotatable bonds is 2. The largest absolute Gasteiger partial charge is 0.497 e. The summed E-state index contributed by atoms with van der Waals surface area (Å²) in [7, 11) is -0.573. The Labute approximate surface area is 107 Å². The van der Waals surface area contributed by atoms with E-state index in [0.717, 1.165) is 0 Å². The van der Waals surface area contributed by atoms with Crippen LogP contribution in [-0.4, -0.2) is 29.6 Å². The number of hydrogen-bond donors (Lipinski definition) is 1. The number of hydrogen-bond acceptors (Lipinski definition) is 5. The molecule has 0 amide bonds. The van der Waals surface area contributed by atoms with E-state index in [1.54, 1.807) is 6.07 Å². The summed E-state index contributed by atoms with van der Waals surface area (Å²) in [6.07, 6.45) is 2.16. The summed E-state index contributed by atoms with van der Waals surface area (Å²) in [5, 5.41) is 0. The van der Waals surface area contributed by atoms with Crippen molar-refractivity contribution in [3.63, 3.8) is 0 Å². The summed E-state index contributed by atoms with van der Waals surface area (Å²) in [6.45, 7) is 7.85. The molecule has 0 aromatic carbocycles. The van der Waals surface area contributed by atoms with Gasteiger partial charge in [0.2, 0.25) is 0 Å². The van der Waals surface area contributed by atoms with E-state index in [1.807, 2.05) is 27.7 Å². The van der Waals surface area contributed by atoms with Crippen LogP contribution >= 0.6 is 0 Å². The molecule has 0 spiro atoms. The third-order valence-corrected chi connectivity index (χ3v) is 3.67. The SMILES string of the molecule is CC1(C)OB(c2ccnc(C=O)c2N)OC1(C)C. The van der Waals surface area contributed by atoms with Crippen molar-refractivity contribution in [1.82, 2.24) is 4.98 Å². The van der Waals surface area contributed by atoms with Gasteiger partial charge in [-0.25, -0.2) is 0 Å². The first kappa shape index (κ1) is 13.0. The molecule has 6 heteroatoms. The van der Waals surface area contributed by atoms with Crippen LogP contribution in [0.2, 0.25) is 0 Å². The molecule has 96 valence electrons. The average Bonchev–Trinajstić information content (AvgIpc) is 2.48. The van der Waals surface area contributed by atoms with Gasteiger partial charge in [0, 0.05) is 11.7 Å². The molecule has 0 radical (unpaired) electrons. The zero-order chi connectivity index (χ0) is 13.6. The molecule has 0 atom stereocenters. The van der Waals surface area contributed by atoms with Crippen LogP contribution in [0.25, 0.3) is 0 Å². The second-order valence-corrected chi connectivity index (χ2v) is 5.41. The maximum atomic E-state index is 10.8. The van der Waals surface area contributed by atoms with E-state index in [2.05, 4.69) is 4.98 Å². The molecule has 18 heavy (non-hydrogen) atoms. The first-order valence-corrected chi connectivity index (χ1v) is 5.84. The fourth-order valence-corrected chi connectivity index (χ4v) is 1.77. The van der Waals surface area contributed by atoms with E-state index in [0.29, 0.717) is 17.4 Å². The van der Waals surface area contributed by atoms with E-state index in [1.165, 1.54) is 6.20 Å². The number of carbonyl (C=O) groups excluding carboxylic acids is 1. The molecule has 2 heterocycles. The fourth-order valence-electron chi connectivity index (χ4n) is 1.77. The summed E-state index contributed by atoms with van der Waals surface area (Å²) in [4.78, 5) is 14.7. The second-order valence-electron chi connectivity index (χ2n) is 5.41. The summed E-state index contributed by atoms with van der Waals surface area (Å²) < 4.78 is 11.8. The van der Waals surface area contributed by atoms with Gasteiger partial charge in [-0.05, 0) is 33.8 Å². The second kappa shape index (κ2) is 4.07. The van der Waals surface area contributed by atoms with Gasteiger partial charge in [0.1, 0.15) is 5.69 Å². The number of carbonyl (C=O) groups is 1. The third kappa shape index (κ3) is 1.91. The van der Waals surface area contributed by atoms with Gasteiger partial charge < -0.3 is 15.0 Å². The normalized spacial score (nSPS) is 21.0.